The molecule has 4 rings (SSSR count). The SMILES string of the molecule is Cc1nc(C2(NC(=O)c3cc4ccc(F)cc4nc3C)CCCCC2)no1. The largest absolute Gasteiger partial charge is 0.340 e. The number of nitrogens with zero attached hydrogens (tertiary/aromatic N) is 3. The van der Waals surface area contributed by atoms with Gasteiger partial charge < -0.3 is 9.84 Å². The third-order valence-electron chi connectivity index (χ3n) is 5.23. The van der Waals surface area contributed by atoms with Crippen molar-refractivity contribution in [2.24, 2.45) is 0 Å². The molecule has 1 amide bonds. The van der Waals surface area contributed by atoms with E-state index in [1.165, 1.54) is 12.1 Å². The molecule has 1 aliphatic rings. The molecule has 0 spiro atoms. The zero-order chi connectivity index (χ0) is 19.0. The number of halogens is 1. The molecule has 0 unspecified atom stereocenters. The van der Waals surface area contributed by atoms with Gasteiger partial charge in [0.1, 0.15) is 11.4 Å². The smallest absolute Gasteiger partial charge is 0.253 e. The summed E-state index contributed by atoms with van der Waals surface area (Å²) in [6.07, 6.45) is 4.63. The number of fused-ring (bicyclic) bond motifs is 1. The van der Waals surface area contributed by atoms with E-state index in [4.69, 9.17) is 4.52 Å². The minimum atomic E-state index is -0.628. The molecular formula is C20H21FN4O2. The van der Waals surface area contributed by atoms with Crippen molar-refractivity contribution in [3.05, 3.63) is 53.1 Å². The zero-order valence-corrected chi connectivity index (χ0v) is 15.4. The predicted molar refractivity (Wildman–Crippen MR) is 97.7 cm³/mol. The second-order valence-electron chi connectivity index (χ2n) is 7.19. The van der Waals surface area contributed by atoms with Crippen molar-refractivity contribution in [3.8, 4) is 0 Å². The molecule has 2 aromatic heterocycles. The van der Waals surface area contributed by atoms with E-state index in [0.717, 1.165) is 37.5 Å². The minimum Gasteiger partial charge on any atom is -0.340 e. The number of benzene rings is 1. The summed E-state index contributed by atoms with van der Waals surface area (Å²) < 4.78 is 18.6. The molecule has 0 saturated heterocycles. The van der Waals surface area contributed by atoms with Crippen LogP contribution in [0.2, 0.25) is 0 Å². The highest BCUT2D eigenvalue weighted by molar-refractivity contribution is 5.99. The lowest BCUT2D eigenvalue weighted by molar-refractivity contribution is 0.0854. The predicted octanol–water partition coefficient (Wildman–Crippen LogP) is 3.96. The summed E-state index contributed by atoms with van der Waals surface area (Å²) in [7, 11) is 0. The summed E-state index contributed by atoms with van der Waals surface area (Å²) in [6.45, 7) is 3.50. The minimum absolute atomic E-state index is 0.226. The first-order valence-electron chi connectivity index (χ1n) is 9.17. The van der Waals surface area contributed by atoms with Crippen molar-refractivity contribution >= 4 is 16.8 Å². The van der Waals surface area contributed by atoms with Gasteiger partial charge in [0.25, 0.3) is 5.91 Å². The average molecular weight is 368 g/mol. The van der Waals surface area contributed by atoms with Crippen LogP contribution in [0.3, 0.4) is 0 Å². The molecule has 0 radical (unpaired) electrons. The molecule has 0 atom stereocenters. The molecule has 3 aromatic rings. The maximum Gasteiger partial charge on any atom is 0.253 e. The zero-order valence-electron chi connectivity index (χ0n) is 15.4. The van der Waals surface area contributed by atoms with Gasteiger partial charge in [0.05, 0.1) is 16.8 Å². The van der Waals surface area contributed by atoms with Crippen LogP contribution in [0.5, 0.6) is 0 Å². The fourth-order valence-electron chi connectivity index (χ4n) is 3.80. The Morgan fingerprint density at radius 2 is 1.93 bits per heavy atom. The summed E-state index contributed by atoms with van der Waals surface area (Å²) in [5.74, 6) is 0.437. The Morgan fingerprint density at radius 3 is 2.63 bits per heavy atom. The fraction of sp³-hybridized carbons (Fsp3) is 0.400. The van der Waals surface area contributed by atoms with Crippen molar-refractivity contribution in [3.63, 3.8) is 0 Å². The summed E-state index contributed by atoms with van der Waals surface area (Å²) in [5.41, 5.74) is 0.933. The summed E-state index contributed by atoms with van der Waals surface area (Å²) in [6, 6.07) is 6.12. The Kier molecular flexibility index (Phi) is 4.37. The molecule has 2 heterocycles. The van der Waals surface area contributed by atoms with Gasteiger partial charge in [-0.1, -0.05) is 24.4 Å². The Labute approximate surface area is 156 Å². The highest BCUT2D eigenvalue weighted by atomic mass is 19.1. The van der Waals surface area contributed by atoms with Gasteiger partial charge in [0.15, 0.2) is 5.82 Å². The lowest BCUT2D eigenvalue weighted by Gasteiger charge is -2.35. The quantitative estimate of drug-likeness (QED) is 0.757. The monoisotopic (exact) mass is 368 g/mol. The van der Waals surface area contributed by atoms with Gasteiger partial charge in [-0.25, -0.2) is 4.39 Å². The van der Waals surface area contributed by atoms with E-state index >= 15 is 0 Å². The molecule has 1 fully saturated rings. The number of carbonyl (C=O) groups excluding carboxylic acids is 1. The molecule has 0 bridgehead atoms. The van der Waals surface area contributed by atoms with Crippen LogP contribution >= 0.6 is 0 Å². The van der Waals surface area contributed by atoms with Crippen molar-refractivity contribution < 1.29 is 13.7 Å². The van der Waals surface area contributed by atoms with Crippen molar-refractivity contribution in [1.82, 2.24) is 20.4 Å². The van der Waals surface area contributed by atoms with E-state index in [1.54, 1.807) is 26.0 Å². The van der Waals surface area contributed by atoms with E-state index in [1.807, 2.05) is 0 Å². The Bertz CT molecular complexity index is 1010. The maximum absolute atomic E-state index is 13.4. The first-order valence-corrected chi connectivity index (χ1v) is 9.17. The second-order valence-corrected chi connectivity index (χ2v) is 7.19. The lowest BCUT2D eigenvalue weighted by Crippen LogP contribution is -2.48. The number of pyridine rings is 1. The number of hydrogen-bond acceptors (Lipinski definition) is 5. The third-order valence-corrected chi connectivity index (χ3v) is 5.23. The summed E-state index contributed by atoms with van der Waals surface area (Å²) in [5, 5.41) is 7.96. The van der Waals surface area contributed by atoms with Crippen LogP contribution in [-0.4, -0.2) is 21.0 Å². The Balaban J connectivity index is 1.70. The van der Waals surface area contributed by atoms with Crippen molar-refractivity contribution in [1.29, 1.82) is 0 Å². The molecule has 1 N–H and O–H groups in total. The maximum atomic E-state index is 13.4. The molecular weight excluding hydrogens is 347 g/mol. The van der Waals surface area contributed by atoms with E-state index in [0.29, 0.717) is 28.5 Å². The van der Waals surface area contributed by atoms with Crippen LogP contribution in [0, 0.1) is 19.7 Å². The van der Waals surface area contributed by atoms with Gasteiger partial charge in [0, 0.05) is 18.4 Å². The van der Waals surface area contributed by atoms with Gasteiger partial charge in [0.2, 0.25) is 5.89 Å². The van der Waals surface area contributed by atoms with Crippen molar-refractivity contribution in [2.75, 3.05) is 0 Å². The van der Waals surface area contributed by atoms with Gasteiger partial charge in [-0.2, -0.15) is 4.98 Å². The summed E-state index contributed by atoms with van der Waals surface area (Å²) in [4.78, 5) is 21.9. The van der Waals surface area contributed by atoms with Crippen LogP contribution in [0.15, 0.2) is 28.8 Å². The average Bonchev–Trinajstić information content (AvgIpc) is 3.09. The Hall–Kier alpha value is -2.83. The molecule has 1 aromatic carbocycles. The molecule has 6 nitrogen and oxygen atoms in total. The molecule has 1 saturated carbocycles. The van der Waals surface area contributed by atoms with Crippen LogP contribution in [0.4, 0.5) is 4.39 Å². The first-order chi connectivity index (χ1) is 13.0. The van der Waals surface area contributed by atoms with E-state index in [2.05, 4.69) is 20.4 Å². The third kappa shape index (κ3) is 3.29. The standard InChI is InChI=1S/C20H21FN4O2/c1-12-16(10-14-6-7-15(21)11-17(14)22-12)18(26)24-20(8-4-3-5-9-20)19-23-13(2)27-25-19/h6-7,10-11H,3-5,8-9H2,1-2H3,(H,24,26). The number of amides is 1. The topological polar surface area (TPSA) is 80.9 Å². The normalized spacial score (nSPS) is 16.4. The molecule has 7 heteroatoms. The van der Waals surface area contributed by atoms with E-state index < -0.39 is 5.54 Å². The van der Waals surface area contributed by atoms with Crippen molar-refractivity contribution in [2.45, 2.75) is 51.5 Å². The van der Waals surface area contributed by atoms with Crippen LogP contribution in [0.25, 0.3) is 10.9 Å². The Morgan fingerprint density at radius 1 is 1.15 bits per heavy atom. The van der Waals surface area contributed by atoms with Crippen LogP contribution in [0.1, 0.15) is 59.9 Å². The highest BCUT2D eigenvalue weighted by Gasteiger charge is 2.40. The van der Waals surface area contributed by atoms with Gasteiger partial charge in [-0.05, 0) is 38.0 Å². The van der Waals surface area contributed by atoms with Gasteiger partial charge >= 0.3 is 0 Å². The number of aryl methyl sites for hydroxylation is 2. The number of rotatable bonds is 3. The number of hydrogen-bond donors (Lipinski definition) is 1. The van der Waals surface area contributed by atoms with Gasteiger partial charge in [-0.3, -0.25) is 9.78 Å². The highest BCUT2D eigenvalue weighted by Crippen LogP contribution is 2.36. The summed E-state index contributed by atoms with van der Waals surface area (Å²) >= 11 is 0. The van der Waals surface area contributed by atoms with E-state index in [-0.39, 0.29) is 11.7 Å². The van der Waals surface area contributed by atoms with Crippen LogP contribution < -0.4 is 5.32 Å². The lowest BCUT2D eigenvalue weighted by atomic mass is 9.80. The van der Waals surface area contributed by atoms with Crippen LogP contribution in [-0.2, 0) is 5.54 Å². The second kappa shape index (κ2) is 6.72. The van der Waals surface area contributed by atoms with Gasteiger partial charge in [-0.15, -0.1) is 0 Å². The number of nitrogens with one attached hydrogen (secondary N) is 1. The molecule has 0 aliphatic heterocycles. The molecule has 1 aliphatic carbocycles. The van der Waals surface area contributed by atoms with E-state index in [9.17, 15) is 9.18 Å². The molecule has 140 valence electrons. The number of aromatic nitrogens is 3. The first kappa shape index (κ1) is 17.6. The fourth-order valence-corrected chi connectivity index (χ4v) is 3.80. The molecule has 27 heavy (non-hydrogen) atoms. The number of carbonyl (C=O) groups is 1.